The van der Waals surface area contributed by atoms with Crippen LogP contribution >= 0.6 is 11.3 Å². The van der Waals surface area contributed by atoms with Gasteiger partial charge in [-0.15, -0.1) is 21.5 Å². The second-order valence-corrected chi connectivity index (χ2v) is 7.11. The average Bonchev–Trinajstić information content (AvgIpc) is 3.23. The van der Waals surface area contributed by atoms with Gasteiger partial charge in [-0.25, -0.2) is 4.98 Å². The lowest BCUT2D eigenvalue weighted by atomic mass is 10.1. The molecule has 0 aliphatic heterocycles. The molecule has 0 fully saturated rings. The Kier molecular flexibility index (Phi) is 4.06. The number of tetrazole rings is 1. The lowest BCUT2D eigenvalue weighted by Gasteiger charge is -2.15. The van der Waals surface area contributed by atoms with E-state index in [1.165, 1.54) is 16.1 Å². The number of amides is 1. The molecule has 3 aromatic heterocycles. The van der Waals surface area contributed by atoms with Gasteiger partial charge in [-0.2, -0.15) is 4.80 Å². The van der Waals surface area contributed by atoms with Crippen LogP contribution in [-0.4, -0.2) is 36.1 Å². The zero-order chi connectivity index (χ0) is 17.3. The lowest BCUT2D eigenvalue weighted by molar-refractivity contribution is 0.0945. The van der Waals surface area contributed by atoms with Crippen molar-refractivity contribution in [3.8, 4) is 11.3 Å². The van der Waals surface area contributed by atoms with Crippen molar-refractivity contribution in [1.29, 1.82) is 0 Å². The number of H-pyrrole nitrogens is 1. The molecule has 24 heavy (non-hydrogen) atoms. The second-order valence-electron chi connectivity index (χ2n) is 6.22. The molecule has 0 unspecified atom stereocenters. The summed E-state index contributed by atoms with van der Waals surface area (Å²) in [6.45, 7) is 6.13. The van der Waals surface area contributed by atoms with Crippen LogP contribution in [0.1, 0.15) is 37.1 Å². The zero-order valence-corrected chi connectivity index (χ0v) is 14.4. The summed E-state index contributed by atoms with van der Waals surface area (Å²) in [5, 5.41) is 17.3. The molecule has 0 aliphatic rings. The molecule has 3 heterocycles. The molecule has 0 aliphatic carbocycles. The van der Waals surface area contributed by atoms with Crippen LogP contribution in [0.15, 0.2) is 17.6 Å². The largest absolute Gasteiger partial charge is 0.375 e. The van der Waals surface area contributed by atoms with Gasteiger partial charge in [-0.05, 0) is 32.1 Å². The molecule has 0 aromatic carbocycles. The summed E-state index contributed by atoms with van der Waals surface area (Å²) < 4.78 is 0. The van der Waals surface area contributed by atoms with E-state index >= 15 is 0 Å². The molecule has 3 rings (SSSR count). The zero-order valence-electron chi connectivity index (χ0n) is 13.6. The summed E-state index contributed by atoms with van der Waals surface area (Å²) >= 11 is 1.36. The first-order chi connectivity index (χ1) is 11.3. The van der Waals surface area contributed by atoms with Crippen LogP contribution in [0.25, 0.3) is 11.3 Å². The maximum atomic E-state index is 12.2. The van der Waals surface area contributed by atoms with Crippen molar-refractivity contribution >= 4 is 22.4 Å². The fraction of sp³-hybridized carbons (Fsp3) is 0.357. The number of rotatable bonds is 4. The Labute approximate surface area is 142 Å². The summed E-state index contributed by atoms with van der Waals surface area (Å²) in [4.78, 5) is 20.8. The van der Waals surface area contributed by atoms with Gasteiger partial charge in [0.15, 0.2) is 11.0 Å². The minimum absolute atomic E-state index is 0.201. The highest BCUT2D eigenvalue weighted by Crippen LogP contribution is 2.23. The third-order valence-electron chi connectivity index (χ3n) is 3.21. The molecular formula is C14H18N8OS. The van der Waals surface area contributed by atoms with Crippen molar-refractivity contribution < 1.29 is 4.79 Å². The molecule has 0 bridgehead atoms. The monoisotopic (exact) mass is 346 g/mol. The number of nitrogens with two attached hydrogens (primary N) is 1. The molecule has 4 N–H and O–H groups in total. The van der Waals surface area contributed by atoms with Crippen molar-refractivity contribution in [2.45, 2.75) is 32.9 Å². The molecule has 0 spiro atoms. The van der Waals surface area contributed by atoms with Crippen molar-refractivity contribution in [2.75, 3.05) is 5.73 Å². The van der Waals surface area contributed by atoms with Gasteiger partial charge >= 0.3 is 0 Å². The highest BCUT2D eigenvalue weighted by Gasteiger charge is 2.17. The number of nitrogens with one attached hydrogen (secondary N) is 2. The average molecular weight is 346 g/mol. The minimum atomic E-state index is -0.253. The molecular weight excluding hydrogens is 328 g/mol. The van der Waals surface area contributed by atoms with Crippen molar-refractivity contribution in [1.82, 2.24) is 35.5 Å². The van der Waals surface area contributed by atoms with Gasteiger partial charge < -0.3 is 16.0 Å². The maximum absolute atomic E-state index is 12.2. The third kappa shape index (κ3) is 3.43. The Morgan fingerprint density at radius 3 is 2.88 bits per heavy atom. The van der Waals surface area contributed by atoms with Gasteiger partial charge in [0.25, 0.3) is 5.91 Å². The van der Waals surface area contributed by atoms with Gasteiger partial charge in [0, 0.05) is 17.1 Å². The van der Waals surface area contributed by atoms with Crippen molar-refractivity contribution in [3.05, 3.63) is 29.2 Å². The smallest absolute Gasteiger partial charge is 0.268 e. The predicted molar refractivity (Wildman–Crippen MR) is 90.3 cm³/mol. The number of hydrogen-bond acceptors (Lipinski definition) is 7. The Balaban J connectivity index is 1.63. The molecule has 0 saturated heterocycles. The van der Waals surface area contributed by atoms with Gasteiger partial charge in [-0.1, -0.05) is 0 Å². The normalized spacial score (nSPS) is 11.6. The Morgan fingerprint density at radius 2 is 2.25 bits per heavy atom. The number of hydrogen-bond donors (Lipinski definition) is 3. The van der Waals surface area contributed by atoms with E-state index < -0.39 is 0 Å². The number of thiazole rings is 1. The van der Waals surface area contributed by atoms with Crippen LogP contribution in [0.2, 0.25) is 0 Å². The topological polar surface area (TPSA) is 127 Å². The van der Waals surface area contributed by atoms with Crippen LogP contribution in [0.3, 0.4) is 0 Å². The van der Waals surface area contributed by atoms with E-state index in [9.17, 15) is 4.79 Å². The van der Waals surface area contributed by atoms with E-state index in [0.717, 1.165) is 11.3 Å². The molecule has 3 aromatic rings. The summed E-state index contributed by atoms with van der Waals surface area (Å²) in [5.41, 5.74) is 7.35. The highest BCUT2D eigenvalue weighted by molar-refractivity contribution is 7.13. The number of carbonyl (C=O) groups is 1. The molecule has 1 amide bonds. The van der Waals surface area contributed by atoms with Crippen LogP contribution in [0.4, 0.5) is 5.13 Å². The molecule has 126 valence electrons. The van der Waals surface area contributed by atoms with E-state index in [1.54, 1.807) is 12.3 Å². The van der Waals surface area contributed by atoms with Gasteiger partial charge in [0.05, 0.1) is 17.8 Å². The summed E-state index contributed by atoms with van der Waals surface area (Å²) in [6.07, 6.45) is 1.72. The van der Waals surface area contributed by atoms with E-state index in [1.807, 2.05) is 26.2 Å². The number of nitrogens with zero attached hydrogens (tertiary/aromatic N) is 5. The van der Waals surface area contributed by atoms with Crippen molar-refractivity contribution in [2.24, 2.45) is 0 Å². The number of anilines is 1. The summed E-state index contributed by atoms with van der Waals surface area (Å²) in [7, 11) is 0. The van der Waals surface area contributed by atoms with Crippen LogP contribution in [-0.2, 0) is 12.1 Å². The van der Waals surface area contributed by atoms with E-state index in [2.05, 4.69) is 30.7 Å². The van der Waals surface area contributed by atoms with Gasteiger partial charge in [0.2, 0.25) is 0 Å². The number of aromatic nitrogens is 6. The van der Waals surface area contributed by atoms with Crippen LogP contribution in [0.5, 0.6) is 0 Å². The number of nitrogen functional groups attached to an aromatic ring is 1. The van der Waals surface area contributed by atoms with E-state index in [4.69, 9.17) is 5.73 Å². The Hall–Kier alpha value is -2.75. The Bertz CT molecular complexity index is 856. The van der Waals surface area contributed by atoms with Gasteiger partial charge in [-0.3, -0.25) is 4.79 Å². The first-order valence-corrected chi connectivity index (χ1v) is 8.18. The second kappa shape index (κ2) is 6.04. The SMILES string of the molecule is CC(C)(C)n1nnc(CNC(=O)c2cc(-c3csc(N)n3)c[nH]2)n1. The first kappa shape index (κ1) is 16.1. The minimum Gasteiger partial charge on any atom is -0.375 e. The van der Waals surface area contributed by atoms with Gasteiger partial charge in [0.1, 0.15) is 5.69 Å². The molecule has 0 saturated carbocycles. The maximum Gasteiger partial charge on any atom is 0.268 e. The predicted octanol–water partition coefficient (Wildman–Crippen LogP) is 1.39. The third-order valence-corrected chi connectivity index (χ3v) is 3.88. The summed E-state index contributed by atoms with van der Waals surface area (Å²) in [6, 6.07) is 1.73. The van der Waals surface area contributed by atoms with Crippen LogP contribution < -0.4 is 11.1 Å². The fourth-order valence-corrected chi connectivity index (χ4v) is 2.52. The first-order valence-electron chi connectivity index (χ1n) is 7.30. The highest BCUT2D eigenvalue weighted by atomic mass is 32.1. The molecule has 0 atom stereocenters. The van der Waals surface area contributed by atoms with E-state index in [0.29, 0.717) is 16.6 Å². The lowest BCUT2D eigenvalue weighted by Crippen LogP contribution is -2.26. The number of aromatic amines is 1. The Morgan fingerprint density at radius 1 is 1.46 bits per heavy atom. The van der Waals surface area contributed by atoms with Crippen LogP contribution in [0, 0.1) is 0 Å². The quantitative estimate of drug-likeness (QED) is 0.655. The fourth-order valence-electron chi connectivity index (χ4n) is 1.95. The standard InChI is InChI=1S/C14H18N8OS/c1-14(2,3)22-20-11(19-21-22)6-17-12(23)9-4-8(5-16-9)10-7-24-13(15)18-10/h4-5,7,16H,6H2,1-3H3,(H2,15,18)(H,17,23). The van der Waals surface area contributed by atoms with Crippen molar-refractivity contribution in [3.63, 3.8) is 0 Å². The molecule has 9 nitrogen and oxygen atoms in total. The summed E-state index contributed by atoms with van der Waals surface area (Å²) in [5.74, 6) is 0.203. The molecule has 10 heteroatoms. The van der Waals surface area contributed by atoms with E-state index in [-0.39, 0.29) is 18.0 Å². The number of carbonyl (C=O) groups excluding carboxylic acids is 1. The molecule has 0 radical (unpaired) electrons.